The van der Waals surface area contributed by atoms with E-state index in [1.807, 2.05) is 7.05 Å². The molecule has 1 N–H and O–H groups in total. The lowest BCUT2D eigenvalue weighted by Crippen LogP contribution is -2.03. The third-order valence-corrected chi connectivity index (χ3v) is 1.16. The normalized spacial score (nSPS) is 11.8. The van der Waals surface area contributed by atoms with Crippen molar-refractivity contribution < 1.29 is 0 Å². The summed E-state index contributed by atoms with van der Waals surface area (Å²) in [6.45, 7) is 3.14. The zero-order chi connectivity index (χ0) is 7.66. The second-order valence-electron chi connectivity index (χ2n) is 2.20. The topological polar surface area (TPSA) is 12.0 Å². The van der Waals surface area contributed by atoms with E-state index in [-0.39, 0.29) is 0 Å². The molecule has 0 saturated heterocycles. The van der Waals surface area contributed by atoms with Gasteiger partial charge in [0.15, 0.2) is 0 Å². The molecule has 0 amide bonds. The molecule has 0 atom stereocenters. The molecule has 0 heterocycles. The molecular formula is C9H17N. The first-order valence-corrected chi connectivity index (χ1v) is 3.88. The number of nitrogens with one attached hydrogen (secondary N) is 1. The summed E-state index contributed by atoms with van der Waals surface area (Å²) in [5, 5.41) is 3.04. The zero-order valence-electron chi connectivity index (χ0n) is 6.93. The third kappa shape index (κ3) is 7.44. The molecule has 0 aliphatic heterocycles. The Kier molecular flexibility index (Phi) is 7.97. The first-order valence-electron chi connectivity index (χ1n) is 3.88. The van der Waals surface area contributed by atoms with Crippen LogP contribution in [0.4, 0.5) is 0 Å². The van der Waals surface area contributed by atoms with E-state index in [1.54, 1.807) is 0 Å². The maximum atomic E-state index is 3.04. The SMILES string of the molecule is CCC/C=C/C=C/CNC. The van der Waals surface area contributed by atoms with Crippen LogP contribution in [0, 0.1) is 0 Å². The van der Waals surface area contributed by atoms with Crippen LogP contribution in [-0.2, 0) is 0 Å². The maximum Gasteiger partial charge on any atom is 0.0134 e. The quantitative estimate of drug-likeness (QED) is 0.575. The highest BCUT2D eigenvalue weighted by Gasteiger charge is 1.69. The van der Waals surface area contributed by atoms with E-state index in [1.165, 1.54) is 12.8 Å². The number of hydrogen-bond donors (Lipinski definition) is 1. The van der Waals surface area contributed by atoms with Crippen LogP contribution in [0.2, 0.25) is 0 Å². The molecule has 0 spiro atoms. The Labute approximate surface area is 63.8 Å². The van der Waals surface area contributed by atoms with Crippen molar-refractivity contribution in [3.05, 3.63) is 24.3 Å². The highest BCUT2D eigenvalue weighted by molar-refractivity contribution is 5.02. The molecule has 10 heavy (non-hydrogen) atoms. The van der Waals surface area contributed by atoms with Crippen LogP contribution in [-0.4, -0.2) is 13.6 Å². The molecule has 0 fully saturated rings. The van der Waals surface area contributed by atoms with Gasteiger partial charge in [-0.05, 0) is 13.5 Å². The van der Waals surface area contributed by atoms with Crippen LogP contribution >= 0.6 is 0 Å². The maximum absolute atomic E-state index is 3.04. The summed E-state index contributed by atoms with van der Waals surface area (Å²) in [5.41, 5.74) is 0. The summed E-state index contributed by atoms with van der Waals surface area (Å²) in [4.78, 5) is 0. The second kappa shape index (κ2) is 8.44. The highest BCUT2D eigenvalue weighted by Crippen LogP contribution is 1.87. The number of likely N-dealkylation sites (N-methyl/N-ethyl adjacent to an activating group) is 1. The van der Waals surface area contributed by atoms with E-state index in [2.05, 4.69) is 36.5 Å². The van der Waals surface area contributed by atoms with Crippen molar-refractivity contribution in [1.82, 2.24) is 5.32 Å². The van der Waals surface area contributed by atoms with Crippen molar-refractivity contribution in [2.45, 2.75) is 19.8 Å². The van der Waals surface area contributed by atoms with Gasteiger partial charge >= 0.3 is 0 Å². The predicted molar refractivity (Wildman–Crippen MR) is 47.1 cm³/mol. The van der Waals surface area contributed by atoms with Gasteiger partial charge in [-0.3, -0.25) is 0 Å². The molecule has 0 rings (SSSR count). The zero-order valence-corrected chi connectivity index (χ0v) is 6.93. The van der Waals surface area contributed by atoms with Crippen molar-refractivity contribution in [2.75, 3.05) is 13.6 Å². The van der Waals surface area contributed by atoms with Gasteiger partial charge in [0.25, 0.3) is 0 Å². The molecule has 0 aliphatic carbocycles. The van der Waals surface area contributed by atoms with E-state index >= 15 is 0 Å². The fourth-order valence-electron chi connectivity index (χ4n) is 0.606. The van der Waals surface area contributed by atoms with Gasteiger partial charge in [-0.1, -0.05) is 37.6 Å². The first kappa shape index (κ1) is 9.44. The Morgan fingerprint density at radius 3 is 2.50 bits per heavy atom. The van der Waals surface area contributed by atoms with Crippen LogP contribution in [0.15, 0.2) is 24.3 Å². The Bertz CT molecular complexity index is 89.3. The molecule has 0 aromatic carbocycles. The fraction of sp³-hybridized carbons (Fsp3) is 0.556. The average Bonchev–Trinajstić information content (AvgIpc) is 1.97. The van der Waals surface area contributed by atoms with Gasteiger partial charge in [-0.15, -0.1) is 0 Å². The number of rotatable bonds is 5. The standard InChI is InChI=1S/C9H17N/c1-3-4-5-6-7-8-9-10-2/h5-8,10H,3-4,9H2,1-2H3/b6-5+,8-7+. The van der Waals surface area contributed by atoms with E-state index in [9.17, 15) is 0 Å². The van der Waals surface area contributed by atoms with Crippen molar-refractivity contribution in [1.29, 1.82) is 0 Å². The lowest BCUT2D eigenvalue weighted by Gasteiger charge is -1.84. The number of hydrogen-bond acceptors (Lipinski definition) is 1. The van der Waals surface area contributed by atoms with Gasteiger partial charge in [0.05, 0.1) is 0 Å². The van der Waals surface area contributed by atoms with Gasteiger partial charge in [0.1, 0.15) is 0 Å². The summed E-state index contributed by atoms with van der Waals surface area (Å²) in [6.07, 6.45) is 10.9. The summed E-state index contributed by atoms with van der Waals surface area (Å²) in [7, 11) is 1.94. The lowest BCUT2D eigenvalue weighted by molar-refractivity contribution is 0.919. The molecule has 0 bridgehead atoms. The monoisotopic (exact) mass is 139 g/mol. The molecule has 58 valence electrons. The molecule has 0 radical (unpaired) electrons. The van der Waals surface area contributed by atoms with Crippen LogP contribution in [0.5, 0.6) is 0 Å². The van der Waals surface area contributed by atoms with Gasteiger partial charge in [-0.2, -0.15) is 0 Å². The molecule has 1 heteroatoms. The minimum absolute atomic E-state index is 0.955. The van der Waals surface area contributed by atoms with Crippen molar-refractivity contribution in [3.63, 3.8) is 0 Å². The number of allylic oxidation sites excluding steroid dienone is 3. The van der Waals surface area contributed by atoms with E-state index in [0.29, 0.717) is 0 Å². The van der Waals surface area contributed by atoms with Crippen molar-refractivity contribution >= 4 is 0 Å². The van der Waals surface area contributed by atoms with Gasteiger partial charge in [0, 0.05) is 6.54 Å². The minimum Gasteiger partial charge on any atom is -0.316 e. The average molecular weight is 139 g/mol. The molecule has 0 aromatic rings. The first-order chi connectivity index (χ1) is 4.91. The lowest BCUT2D eigenvalue weighted by atomic mass is 10.3. The molecular weight excluding hydrogens is 122 g/mol. The summed E-state index contributed by atoms with van der Waals surface area (Å²) >= 11 is 0. The van der Waals surface area contributed by atoms with E-state index in [4.69, 9.17) is 0 Å². The number of unbranched alkanes of at least 4 members (excludes halogenated alkanes) is 1. The summed E-state index contributed by atoms with van der Waals surface area (Å²) in [5.74, 6) is 0. The largest absolute Gasteiger partial charge is 0.316 e. The van der Waals surface area contributed by atoms with Crippen LogP contribution in [0.1, 0.15) is 19.8 Å². The van der Waals surface area contributed by atoms with Gasteiger partial charge in [-0.25, -0.2) is 0 Å². The Morgan fingerprint density at radius 1 is 1.20 bits per heavy atom. The van der Waals surface area contributed by atoms with Gasteiger partial charge in [0.2, 0.25) is 0 Å². The smallest absolute Gasteiger partial charge is 0.0134 e. The molecule has 1 nitrogen and oxygen atoms in total. The molecule has 0 aliphatic rings. The third-order valence-electron chi connectivity index (χ3n) is 1.16. The summed E-state index contributed by atoms with van der Waals surface area (Å²) < 4.78 is 0. The van der Waals surface area contributed by atoms with Crippen LogP contribution in [0.3, 0.4) is 0 Å². The Morgan fingerprint density at radius 2 is 1.90 bits per heavy atom. The molecule has 0 unspecified atom stereocenters. The van der Waals surface area contributed by atoms with Crippen LogP contribution < -0.4 is 5.32 Å². The minimum atomic E-state index is 0.955. The highest BCUT2D eigenvalue weighted by atomic mass is 14.8. The molecule has 0 aromatic heterocycles. The Hall–Kier alpha value is -0.560. The second-order valence-corrected chi connectivity index (χ2v) is 2.20. The Balaban J connectivity index is 3.15. The summed E-state index contributed by atoms with van der Waals surface area (Å²) in [6, 6.07) is 0. The van der Waals surface area contributed by atoms with Gasteiger partial charge < -0.3 is 5.32 Å². The van der Waals surface area contributed by atoms with E-state index in [0.717, 1.165) is 6.54 Å². The van der Waals surface area contributed by atoms with Crippen molar-refractivity contribution in [2.24, 2.45) is 0 Å². The predicted octanol–water partition coefficient (Wildman–Crippen LogP) is 2.12. The molecule has 0 saturated carbocycles. The van der Waals surface area contributed by atoms with Crippen molar-refractivity contribution in [3.8, 4) is 0 Å². The van der Waals surface area contributed by atoms with Crippen LogP contribution in [0.25, 0.3) is 0 Å². The fourth-order valence-corrected chi connectivity index (χ4v) is 0.606. The van der Waals surface area contributed by atoms with E-state index < -0.39 is 0 Å².